The molecule has 1 N–H and O–H groups in total. The predicted molar refractivity (Wildman–Crippen MR) is 71.0 cm³/mol. The first-order valence-electron chi connectivity index (χ1n) is 5.76. The molecule has 0 fully saturated rings. The lowest BCUT2D eigenvalue weighted by molar-refractivity contribution is 0.334. The Bertz CT molecular complexity index is 368. The Morgan fingerprint density at radius 2 is 2.00 bits per heavy atom. The van der Waals surface area contributed by atoms with Crippen molar-refractivity contribution in [1.82, 2.24) is 10.2 Å². The average molecular weight is 259 g/mol. The van der Waals surface area contributed by atoms with Crippen LogP contribution in [-0.4, -0.2) is 31.6 Å². The second-order valence-corrected chi connectivity index (χ2v) is 5.12. The molecule has 0 saturated heterocycles. The van der Waals surface area contributed by atoms with Gasteiger partial charge in [0.1, 0.15) is 5.82 Å². The fourth-order valence-corrected chi connectivity index (χ4v) is 2.30. The molecule has 0 aromatic heterocycles. The number of hydrogen-bond donors (Lipinski definition) is 1. The summed E-state index contributed by atoms with van der Waals surface area (Å²) in [6.45, 7) is 5.10. The molecule has 4 heteroatoms. The van der Waals surface area contributed by atoms with E-state index in [1.807, 2.05) is 21.0 Å². The van der Waals surface area contributed by atoms with Crippen molar-refractivity contribution in [1.29, 1.82) is 0 Å². The van der Waals surface area contributed by atoms with Crippen LogP contribution in [0.5, 0.6) is 0 Å². The smallest absolute Gasteiger partial charge is 0.124 e. The second-order valence-electron chi connectivity index (χ2n) is 4.72. The summed E-state index contributed by atoms with van der Waals surface area (Å²) in [4.78, 5) is 2.12. The van der Waals surface area contributed by atoms with Gasteiger partial charge in [0.05, 0.1) is 0 Å². The minimum atomic E-state index is -0.299. The highest BCUT2D eigenvalue weighted by atomic mass is 35.5. The number of nitrogens with one attached hydrogen (secondary N) is 1. The van der Waals surface area contributed by atoms with E-state index >= 15 is 0 Å². The van der Waals surface area contributed by atoms with Gasteiger partial charge in [-0.1, -0.05) is 17.7 Å². The fraction of sp³-hybridized carbons (Fsp3) is 0.538. The van der Waals surface area contributed by atoms with Crippen molar-refractivity contribution >= 4 is 11.6 Å². The maximum Gasteiger partial charge on any atom is 0.124 e. The van der Waals surface area contributed by atoms with Crippen molar-refractivity contribution in [3.63, 3.8) is 0 Å². The molecule has 0 spiro atoms. The molecule has 0 aliphatic rings. The van der Waals surface area contributed by atoms with Gasteiger partial charge in [-0.2, -0.15) is 0 Å². The first-order valence-corrected chi connectivity index (χ1v) is 6.13. The quantitative estimate of drug-likeness (QED) is 0.873. The molecule has 2 atom stereocenters. The summed E-state index contributed by atoms with van der Waals surface area (Å²) >= 11 is 6.02. The van der Waals surface area contributed by atoms with Crippen molar-refractivity contribution < 1.29 is 4.39 Å². The number of likely N-dealkylation sites (N-methyl/N-ethyl adjacent to an activating group) is 1. The van der Waals surface area contributed by atoms with Gasteiger partial charge in [0.25, 0.3) is 0 Å². The lowest BCUT2D eigenvalue weighted by Crippen LogP contribution is -2.37. The molecule has 0 heterocycles. The summed E-state index contributed by atoms with van der Waals surface area (Å²) in [6, 6.07) is 4.98. The van der Waals surface area contributed by atoms with Crippen LogP contribution in [0.15, 0.2) is 18.2 Å². The summed E-state index contributed by atoms with van der Waals surface area (Å²) in [7, 11) is 4.07. The first-order chi connectivity index (χ1) is 7.90. The van der Waals surface area contributed by atoms with E-state index in [2.05, 4.69) is 17.1 Å². The van der Waals surface area contributed by atoms with Crippen LogP contribution in [0.1, 0.15) is 25.5 Å². The third-order valence-electron chi connectivity index (χ3n) is 2.60. The zero-order valence-electron chi connectivity index (χ0n) is 10.8. The summed E-state index contributed by atoms with van der Waals surface area (Å²) < 4.78 is 12.9. The molecule has 0 aliphatic heterocycles. The number of hydrogen-bond acceptors (Lipinski definition) is 2. The van der Waals surface area contributed by atoms with Gasteiger partial charge in [-0.25, -0.2) is 4.39 Å². The molecule has 1 aromatic carbocycles. The minimum absolute atomic E-state index is 0.109. The van der Waals surface area contributed by atoms with E-state index in [1.165, 1.54) is 12.1 Å². The summed E-state index contributed by atoms with van der Waals surface area (Å²) in [5.74, 6) is -0.299. The Morgan fingerprint density at radius 3 is 2.53 bits per heavy atom. The van der Waals surface area contributed by atoms with E-state index < -0.39 is 0 Å². The Hall–Kier alpha value is -0.640. The second kappa shape index (κ2) is 6.34. The van der Waals surface area contributed by atoms with Crippen molar-refractivity contribution in [3.05, 3.63) is 34.6 Å². The van der Waals surface area contributed by atoms with Gasteiger partial charge in [0.15, 0.2) is 0 Å². The number of nitrogens with zero attached hydrogens (tertiary/aromatic N) is 1. The van der Waals surface area contributed by atoms with E-state index in [1.54, 1.807) is 6.07 Å². The Balaban J connectivity index is 2.66. The Kier molecular flexibility index (Phi) is 5.37. The molecule has 0 aliphatic carbocycles. The standard InChI is InChI=1S/C13H20ClFN2/c1-9(8-17(3)4)16-10(2)12-6-5-11(15)7-13(12)14/h5-7,9-10,16H,8H2,1-4H3. The molecule has 17 heavy (non-hydrogen) atoms. The summed E-state index contributed by atoms with van der Waals surface area (Å²) in [6.07, 6.45) is 0. The molecule has 96 valence electrons. The van der Waals surface area contributed by atoms with E-state index in [4.69, 9.17) is 11.6 Å². The molecule has 1 rings (SSSR count). The Morgan fingerprint density at radius 1 is 1.35 bits per heavy atom. The topological polar surface area (TPSA) is 15.3 Å². The van der Waals surface area contributed by atoms with Crippen LogP contribution in [0.4, 0.5) is 4.39 Å². The molecule has 0 radical (unpaired) electrons. The van der Waals surface area contributed by atoms with Crippen LogP contribution in [0, 0.1) is 5.82 Å². The predicted octanol–water partition coefficient (Wildman–Crippen LogP) is 3.08. The molecule has 2 nitrogen and oxygen atoms in total. The van der Waals surface area contributed by atoms with E-state index in [0.29, 0.717) is 11.1 Å². The first kappa shape index (κ1) is 14.4. The van der Waals surface area contributed by atoms with E-state index in [0.717, 1.165) is 12.1 Å². The highest BCUT2D eigenvalue weighted by Gasteiger charge is 2.13. The van der Waals surface area contributed by atoms with Gasteiger partial charge in [-0.15, -0.1) is 0 Å². The van der Waals surface area contributed by atoms with Gasteiger partial charge in [-0.3, -0.25) is 0 Å². The molecular weight excluding hydrogens is 239 g/mol. The van der Waals surface area contributed by atoms with Gasteiger partial charge >= 0.3 is 0 Å². The van der Waals surface area contributed by atoms with Crippen LogP contribution in [-0.2, 0) is 0 Å². The molecule has 0 amide bonds. The number of benzene rings is 1. The highest BCUT2D eigenvalue weighted by molar-refractivity contribution is 6.31. The lowest BCUT2D eigenvalue weighted by Gasteiger charge is -2.23. The van der Waals surface area contributed by atoms with E-state index in [-0.39, 0.29) is 11.9 Å². The van der Waals surface area contributed by atoms with Gasteiger partial charge < -0.3 is 10.2 Å². The molecular formula is C13H20ClFN2. The molecule has 0 bridgehead atoms. The van der Waals surface area contributed by atoms with Gasteiger partial charge in [0, 0.05) is 23.7 Å². The zero-order valence-corrected chi connectivity index (χ0v) is 11.6. The van der Waals surface area contributed by atoms with E-state index in [9.17, 15) is 4.39 Å². The van der Waals surface area contributed by atoms with Crippen molar-refractivity contribution in [3.8, 4) is 0 Å². The summed E-state index contributed by atoms with van der Waals surface area (Å²) in [5.41, 5.74) is 0.929. The molecule has 0 saturated carbocycles. The number of halogens is 2. The lowest BCUT2D eigenvalue weighted by atomic mass is 10.1. The maximum absolute atomic E-state index is 12.9. The molecule has 1 aromatic rings. The molecule has 2 unspecified atom stereocenters. The van der Waals surface area contributed by atoms with Crippen molar-refractivity contribution in [2.24, 2.45) is 0 Å². The van der Waals surface area contributed by atoms with Crippen LogP contribution in [0.3, 0.4) is 0 Å². The maximum atomic E-state index is 12.9. The van der Waals surface area contributed by atoms with Crippen molar-refractivity contribution in [2.75, 3.05) is 20.6 Å². The zero-order chi connectivity index (χ0) is 13.0. The minimum Gasteiger partial charge on any atom is -0.308 e. The highest BCUT2D eigenvalue weighted by Crippen LogP contribution is 2.23. The van der Waals surface area contributed by atoms with Crippen LogP contribution in [0.2, 0.25) is 5.02 Å². The van der Waals surface area contributed by atoms with Crippen LogP contribution >= 0.6 is 11.6 Å². The van der Waals surface area contributed by atoms with Gasteiger partial charge in [-0.05, 0) is 45.6 Å². The average Bonchev–Trinajstić information content (AvgIpc) is 2.15. The van der Waals surface area contributed by atoms with Crippen LogP contribution in [0.25, 0.3) is 0 Å². The number of rotatable bonds is 5. The Labute approximate surface area is 108 Å². The van der Waals surface area contributed by atoms with Gasteiger partial charge in [0.2, 0.25) is 0 Å². The SMILES string of the molecule is CC(CN(C)C)NC(C)c1ccc(F)cc1Cl. The largest absolute Gasteiger partial charge is 0.308 e. The normalized spacial score (nSPS) is 15.0. The monoisotopic (exact) mass is 258 g/mol. The third kappa shape index (κ3) is 4.62. The van der Waals surface area contributed by atoms with Crippen LogP contribution < -0.4 is 5.32 Å². The fourth-order valence-electron chi connectivity index (χ4n) is 1.97. The third-order valence-corrected chi connectivity index (χ3v) is 2.93. The van der Waals surface area contributed by atoms with Crippen molar-refractivity contribution in [2.45, 2.75) is 25.9 Å². The summed E-state index contributed by atoms with van der Waals surface area (Å²) in [5, 5.41) is 3.91.